The van der Waals surface area contributed by atoms with E-state index in [0.717, 1.165) is 24.9 Å². The Labute approximate surface area is 129 Å². The molecule has 0 aliphatic heterocycles. The molecule has 0 aromatic heterocycles. The summed E-state index contributed by atoms with van der Waals surface area (Å²) in [5.41, 5.74) is 0.521. The SMILES string of the molecule is C=CSC(=NCCN(C)CCS)c1ccc(F)cc1O. The van der Waals surface area contributed by atoms with Gasteiger partial charge in [-0.05, 0) is 24.6 Å². The molecule has 1 aromatic rings. The predicted molar refractivity (Wildman–Crippen MR) is 88.6 cm³/mol. The van der Waals surface area contributed by atoms with Crippen molar-refractivity contribution >= 4 is 29.4 Å². The Hall–Kier alpha value is -0.980. The smallest absolute Gasteiger partial charge is 0.128 e. The highest BCUT2D eigenvalue weighted by Crippen LogP contribution is 2.24. The van der Waals surface area contributed by atoms with Crippen LogP contribution in [-0.2, 0) is 0 Å². The maximum Gasteiger partial charge on any atom is 0.128 e. The molecule has 1 aromatic carbocycles. The van der Waals surface area contributed by atoms with Crippen LogP contribution in [0.25, 0.3) is 0 Å². The molecule has 0 amide bonds. The molecule has 3 nitrogen and oxygen atoms in total. The number of rotatable bonds is 7. The fourth-order valence-corrected chi connectivity index (χ4v) is 2.52. The summed E-state index contributed by atoms with van der Waals surface area (Å²) in [5, 5.41) is 12.1. The van der Waals surface area contributed by atoms with Crippen LogP contribution in [0.4, 0.5) is 4.39 Å². The van der Waals surface area contributed by atoms with Crippen LogP contribution in [0.2, 0.25) is 0 Å². The first kappa shape index (κ1) is 17.1. The van der Waals surface area contributed by atoms with E-state index in [1.807, 2.05) is 7.05 Å². The summed E-state index contributed by atoms with van der Waals surface area (Å²) in [6, 6.07) is 3.92. The van der Waals surface area contributed by atoms with E-state index < -0.39 is 5.82 Å². The normalized spacial score (nSPS) is 11.9. The predicted octanol–water partition coefficient (Wildman–Crippen LogP) is 3.02. The highest BCUT2D eigenvalue weighted by molar-refractivity contribution is 8.16. The van der Waals surface area contributed by atoms with Crippen molar-refractivity contribution in [2.75, 3.05) is 32.4 Å². The Kier molecular flexibility index (Phi) is 7.72. The summed E-state index contributed by atoms with van der Waals surface area (Å²) in [5.74, 6) is 0.220. The van der Waals surface area contributed by atoms with E-state index in [2.05, 4.69) is 29.1 Å². The molecule has 0 saturated carbocycles. The van der Waals surface area contributed by atoms with Gasteiger partial charge in [0.15, 0.2) is 0 Å². The largest absolute Gasteiger partial charge is 0.507 e. The molecule has 0 spiro atoms. The molecule has 0 aliphatic carbocycles. The summed E-state index contributed by atoms with van der Waals surface area (Å²) in [4.78, 5) is 6.58. The van der Waals surface area contributed by atoms with Crippen LogP contribution in [-0.4, -0.2) is 47.5 Å². The van der Waals surface area contributed by atoms with Gasteiger partial charge >= 0.3 is 0 Å². The number of hydrogen-bond donors (Lipinski definition) is 2. The van der Waals surface area contributed by atoms with E-state index in [4.69, 9.17) is 0 Å². The fourth-order valence-electron chi connectivity index (χ4n) is 1.56. The third-order valence-electron chi connectivity index (χ3n) is 2.60. The van der Waals surface area contributed by atoms with Crippen molar-refractivity contribution in [3.05, 3.63) is 41.6 Å². The summed E-state index contributed by atoms with van der Waals surface area (Å²) in [6.45, 7) is 5.93. The van der Waals surface area contributed by atoms with Crippen LogP contribution < -0.4 is 0 Å². The Morgan fingerprint density at radius 3 is 2.90 bits per heavy atom. The lowest BCUT2D eigenvalue weighted by Crippen LogP contribution is -2.24. The molecular formula is C14H19FN2OS2. The second kappa shape index (κ2) is 9.05. The monoisotopic (exact) mass is 314 g/mol. The summed E-state index contributed by atoms with van der Waals surface area (Å²) >= 11 is 5.49. The van der Waals surface area contributed by atoms with Crippen LogP contribution >= 0.6 is 24.4 Å². The fraction of sp³-hybridized carbons (Fsp3) is 0.357. The van der Waals surface area contributed by atoms with Crippen LogP contribution in [0, 0.1) is 5.82 Å². The van der Waals surface area contributed by atoms with Gasteiger partial charge in [-0.25, -0.2) is 4.39 Å². The minimum Gasteiger partial charge on any atom is -0.507 e. The second-order valence-corrected chi connectivity index (χ2v) is 5.56. The van der Waals surface area contributed by atoms with Gasteiger partial charge in [-0.3, -0.25) is 4.99 Å². The molecule has 0 unspecified atom stereocenters. The number of aliphatic imine (C=N–C) groups is 1. The van der Waals surface area contributed by atoms with Crippen LogP contribution in [0.1, 0.15) is 5.56 Å². The Morgan fingerprint density at radius 2 is 2.30 bits per heavy atom. The van der Waals surface area contributed by atoms with Gasteiger partial charge in [0.05, 0.1) is 6.54 Å². The molecule has 0 atom stereocenters. The Bertz CT molecular complexity index is 480. The van der Waals surface area contributed by atoms with Crippen molar-refractivity contribution in [2.24, 2.45) is 4.99 Å². The number of halogens is 1. The van der Waals surface area contributed by atoms with Gasteiger partial charge in [0.2, 0.25) is 0 Å². The first-order valence-electron chi connectivity index (χ1n) is 6.18. The van der Waals surface area contributed by atoms with Gasteiger partial charge in [-0.2, -0.15) is 12.6 Å². The van der Waals surface area contributed by atoms with E-state index >= 15 is 0 Å². The minimum atomic E-state index is -0.470. The summed E-state index contributed by atoms with van der Waals surface area (Å²) < 4.78 is 13.0. The number of phenolic OH excluding ortho intramolecular Hbond substituents is 1. The van der Waals surface area contributed by atoms with E-state index in [1.54, 1.807) is 5.41 Å². The molecule has 0 radical (unpaired) electrons. The Balaban J connectivity index is 2.79. The molecule has 1 N–H and O–H groups in total. The minimum absolute atomic E-state index is 0.109. The van der Waals surface area contributed by atoms with Crippen molar-refractivity contribution in [3.63, 3.8) is 0 Å². The van der Waals surface area contributed by atoms with Gasteiger partial charge < -0.3 is 10.0 Å². The zero-order chi connectivity index (χ0) is 15.0. The molecule has 1 rings (SSSR count). The number of likely N-dealkylation sites (N-methyl/N-ethyl adjacent to an activating group) is 1. The summed E-state index contributed by atoms with van der Waals surface area (Å²) in [6.07, 6.45) is 0. The topological polar surface area (TPSA) is 35.8 Å². The lowest BCUT2D eigenvalue weighted by molar-refractivity contribution is 0.367. The molecule has 0 saturated heterocycles. The van der Waals surface area contributed by atoms with E-state index in [1.165, 1.54) is 23.9 Å². The van der Waals surface area contributed by atoms with Gasteiger partial charge in [0.1, 0.15) is 16.6 Å². The number of benzene rings is 1. The van der Waals surface area contributed by atoms with E-state index in [-0.39, 0.29) is 5.75 Å². The number of aromatic hydroxyl groups is 1. The van der Waals surface area contributed by atoms with Crippen molar-refractivity contribution in [2.45, 2.75) is 0 Å². The van der Waals surface area contributed by atoms with Crippen molar-refractivity contribution in [3.8, 4) is 5.75 Å². The number of thiol groups is 1. The molecule has 110 valence electrons. The first-order valence-corrected chi connectivity index (χ1v) is 7.70. The van der Waals surface area contributed by atoms with Crippen LogP contribution in [0.3, 0.4) is 0 Å². The second-order valence-electron chi connectivity index (χ2n) is 4.16. The number of hydrogen-bond acceptors (Lipinski definition) is 5. The third-order valence-corrected chi connectivity index (χ3v) is 3.54. The average molecular weight is 314 g/mol. The van der Waals surface area contributed by atoms with Crippen molar-refractivity contribution in [1.29, 1.82) is 0 Å². The highest BCUT2D eigenvalue weighted by Gasteiger charge is 2.09. The zero-order valence-corrected chi connectivity index (χ0v) is 13.1. The van der Waals surface area contributed by atoms with Crippen LogP contribution in [0.15, 0.2) is 35.2 Å². The highest BCUT2D eigenvalue weighted by atomic mass is 32.2. The Morgan fingerprint density at radius 1 is 1.55 bits per heavy atom. The van der Waals surface area contributed by atoms with Crippen LogP contribution in [0.5, 0.6) is 5.75 Å². The lowest BCUT2D eigenvalue weighted by atomic mass is 10.2. The van der Waals surface area contributed by atoms with Gasteiger partial charge in [0.25, 0.3) is 0 Å². The van der Waals surface area contributed by atoms with Gasteiger partial charge in [-0.1, -0.05) is 18.3 Å². The lowest BCUT2D eigenvalue weighted by Gasteiger charge is -2.13. The molecule has 0 aliphatic rings. The number of nitrogens with zero attached hydrogens (tertiary/aromatic N) is 2. The zero-order valence-electron chi connectivity index (χ0n) is 11.4. The molecule has 0 fully saturated rings. The number of phenols is 1. The quantitative estimate of drug-likeness (QED) is 0.461. The first-order chi connectivity index (χ1) is 9.58. The molecule has 20 heavy (non-hydrogen) atoms. The maximum atomic E-state index is 13.0. The molecule has 0 heterocycles. The maximum absolute atomic E-state index is 13.0. The average Bonchev–Trinajstić information content (AvgIpc) is 2.38. The number of thioether (sulfide) groups is 1. The van der Waals surface area contributed by atoms with E-state index in [9.17, 15) is 9.50 Å². The molecular weight excluding hydrogens is 295 g/mol. The van der Waals surface area contributed by atoms with Crippen molar-refractivity contribution in [1.82, 2.24) is 4.90 Å². The summed E-state index contributed by atoms with van der Waals surface area (Å²) in [7, 11) is 2.00. The third kappa shape index (κ3) is 5.56. The van der Waals surface area contributed by atoms with Gasteiger partial charge in [0, 0.05) is 30.5 Å². The van der Waals surface area contributed by atoms with E-state index in [0.29, 0.717) is 17.2 Å². The standard InChI is InChI=1S/C14H19FN2OS2/c1-3-20-14(16-6-7-17(2)8-9-19)12-5-4-11(15)10-13(12)18/h3-5,10,18-19H,1,6-9H2,2H3. The molecule has 6 heteroatoms. The molecule has 0 bridgehead atoms. The van der Waals surface area contributed by atoms with Gasteiger partial charge in [-0.15, -0.1) is 0 Å². The van der Waals surface area contributed by atoms with Crippen molar-refractivity contribution < 1.29 is 9.50 Å².